The van der Waals surface area contributed by atoms with Gasteiger partial charge in [-0.3, -0.25) is 14.4 Å². The summed E-state index contributed by atoms with van der Waals surface area (Å²) in [5.41, 5.74) is 4.36. The Hall–Kier alpha value is -3.38. The lowest BCUT2D eigenvalue weighted by Gasteiger charge is -2.44. The molecular formula is C35H43ClN2O4. The van der Waals surface area contributed by atoms with Gasteiger partial charge in [-0.05, 0) is 86.4 Å². The molecular weight excluding hydrogens is 548 g/mol. The van der Waals surface area contributed by atoms with E-state index < -0.39 is 0 Å². The molecule has 2 amide bonds. The zero-order chi connectivity index (χ0) is 30.4. The van der Waals surface area contributed by atoms with E-state index in [2.05, 4.69) is 44.3 Å². The molecule has 2 aliphatic rings. The van der Waals surface area contributed by atoms with E-state index in [1.54, 1.807) is 25.1 Å². The fourth-order valence-corrected chi connectivity index (χ4v) is 6.22. The third kappa shape index (κ3) is 7.71. The van der Waals surface area contributed by atoms with E-state index in [9.17, 15) is 14.4 Å². The number of likely N-dealkylation sites (tertiary alicyclic amines) is 1. The fourth-order valence-electron chi connectivity index (χ4n) is 5.99. The van der Waals surface area contributed by atoms with Gasteiger partial charge < -0.3 is 15.0 Å². The number of hydrogen-bond donors (Lipinski definition) is 1. The molecule has 6 nitrogen and oxygen atoms in total. The van der Waals surface area contributed by atoms with Crippen LogP contribution in [0.5, 0.6) is 0 Å². The fraction of sp³-hybridized carbons (Fsp3) is 0.457. The van der Waals surface area contributed by atoms with Gasteiger partial charge in [0.25, 0.3) is 5.91 Å². The standard InChI is InChI=1S/C35H43ClN2O4/c1-6-42-31(39)19-14-24-12-15-25(16-13-24)32-30(33(40)37-28-10-7-9-26(22-28)35(3,4)5)11-8-20-38(32)34(41)29-18-17-27(36)21-23(29)2/h7,9-10,12-13,15,17-18,21-22,25,30,32H,6,8,11,14,16,19-20H2,1-5H3,(H,37,40)/t25?,30-,32-/m0/s1. The summed E-state index contributed by atoms with van der Waals surface area (Å²) in [5.74, 6) is -0.764. The third-order valence-electron chi connectivity index (χ3n) is 8.27. The van der Waals surface area contributed by atoms with Crippen LogP contribution in [-0.2, 0) is 19.7 Å². The molecule has 0 radical (unpaired) electrons. The van der Waals surface area contributed by atoms with Gasteiger partial charge in [0.1, 0.15) is 0 Å². The van der Waals surface area contributed by atoms with Crippen molar-refractivity contribution in [3.63, 3.8) is 0 Å². The Morgan fingerprint density at radius 2 is 1.90 bits per heavy atom. The molecule has 1 N–H and O–H groups in total. The second kappa shape index (κ2) is 13.7. The monoisotopic (exact) mass is 590 g/mol. The quantitative estimate of drug-likeness (QED) is 0.320. The number of esters is 1. The van der Waals surface area contributed by atoms with E-state index in [1.165, 1.54) is 0 Å². The number of rotatable bonds is 8. The molecule has 1 aliphatic heterocycles. The first-order chi connectivity index (χ1) is 20.0. The number of nitrogens with one attached hydrogen (secondary N) is 1. The number of amides is 2. The van der Waals surface area contributed by atoms with Crippen LogP contribution in [0, 0.1) is 18.8 Å². The van der Waals surface area contributed by atoms with Crippen LogP contribution in [0.25, 0.3) is 0 Å². The minimum atomic E-state index is -0.377. The van der Waals surface area contributed by atoms with E-state index in [1.807, 2.05) is 36.1 Å². The van der Waals surface area contributed by atoms with Crippen molar-refractivity contribution in [3.8, 4) is 0 Å². The Kier molecular flexibility index (Phi) is 10.3. The van der Waals surface area contributed by atoms with E-state index in [-0.39, 0.29) is 41.1 Å². The first kappa shape index (κ1) is 31.6. The summed E-state index contributed by atoms with van der Waals surface area (Å²) in [6, 6.07) is 13.0. The zero-order valence-electron chi connectivity index (χ0n) is 25.4. The Bertz CT molecular complexity index is 1370. The molecule has 0 bridgehead atoms. The lowest BCUT2D eigenvalue weighted by molar-refractivity contribution is -0.143. The van der Waals surface area contributed by atoms with Gasteiger partial charge in [0.05, 0.1) is 18.6 Å². The maximum Gasteiger partial charge on any atom is 0.306 e. The number of benzene rings is 2. The van der Waals surface area contributed by atoms with Gasteiger partial charge in [0, 0.05) is 35.2 Å². The minimum Gasteiger partial charge on any atom is -0.466 e. The molecule has 0 aromatic heterocycles. The number of aryl methyl sites for hydroxylation is 1. The summed E-state index contributed by atoms with van der Waals surface area (Å²) in [5, 5.41) is 3.77. The summed E-state index contributed by atoms with van der Waals surface area (Å²) >= 11 is 6.19. The number of hydrogen-bond acceptors (Lipinski definition) is 4. The Labute approximate surface area is 255 Å². The van der Waals surface area contributed by atoms with Crippen LogP contribution in [-0.4, -0.2) is 41.9 Å². The number of anilines is 1. The van der Waals surface area contributed by atoms with E-state index in [4.69, 9.17) is 16.3 Å². The zero-order valence-corrected chi connectivity index (χ0v) is 26.2. The van der Waals surface area contributed by atoms with Crippen LogP contribution >= 0.6 is 11.6 Å². The molecule has 0 spiro atoms. The third-order valence-corrected chi connectivity index (χ3v) is 8.51. The van der Waals surface area contributed by atoms with Crippen molar-refractivity contribution in [2.45, 2.75) is 78.2 Å². The Balaban J connectivity index is 1.60. The number of nitrogens with zero attached hydrogens (tertiary/aromatic N) is 1. The van der Waals surface area contributed by atoms with E-state index in [0.29, 0.717) is 49.4 Å². The molecule has 4 rings (SSSR count). The van der Waals surface area contributed by atoms with Crippen molar-refractivity contribution < 1.29 is 19.1 Å². The molecule has 1 saturated heterocycles. The molecule has 1 fully saturated rings. The van der Waals surface area contributed by atoms with Crippen molar-refractivity contribution in [1.82, 2.24) is 4.90 Å². The largest absolute Gasteiger partial charge is 0.466 e. The second-order valence-electron chi connectivity index (χ2n) is 12.4. The Morgan fingerprint density at radius 3 is 2.57 bits per heavy atom. The lowest BCUT2D eigenvalue weighted by atomic mass is 9.76. The molecule has 0 saturated carbocycles. The van der Waals surface area contributed by atoms with Gasteiger partial charge >= 0.3 is 5.97 Å². The Morgan fingerprint density at radius 1 is 1.12 bits per heavy atom. The number of ether oxygens (including phenoxy) is 1. The molecule has 7 heteroatoms. The average molecular weight is 591 g/mol. The van der Waals surface area contributed by atoms with Crippen molar-refractivity contribution in [2.75, 3.05) is 18.5 Å². The number of carbonyl (C=O) groups is 3. The average Bonchev–Trinajstić information content (AvgIpc) is 2.95. The SMILES string of the molecule is CCOC(=O)CCC1=CCC([C@H]2[C@@H](C(=O)Nc3cccc(C(C)(C)C)c3)CCCN2C(=O)c2ccc(Cl)cc2C)C=C1. The molecule has 2 aromatic carbocycles. The lowest BCUT2D eigenvalue weighted by Crippen LogP contribution is -2.55. The van der Waals surface area contributed by atoms with Crippen LogP contribution in [0.4, 0.5) is 5.69 Å². The molecule has 1 unspecified atom stereocenters. The second-order valence-corrected chi connectivity index (χ2v) is 12.8. The molecule has 3 atom stereocenters. The van der Waals surface area contributed by atoms with Gasteiger partial charge in [-0.2, -0.15) is 0 Å². The predicted molar refractivity (Wildman–Crippen MR) is 169 cm³/mol. The minimum absolute atomic E-state index is 0.0372. The number of piperidine rings is 1. The van der Waals surface area contributed by atoms with Gasteiger partial charge in [0.15, 0.2) is 0 Å². The normalized spacial score (nSPS) is 20.6. The summed E-state index contributed by atoms with van der Waals surface area (Å²) < 4.78 is 5.08. The highest BCUT2D eigenvalue weighted by Crippen LogP contribution is 2.36. The first-order valence-electron chi connectivity index (χ1n) is 15.0. The van der Waals surface area contributed by atoms with Crippen molar-refractivity contribution in [2.24, 2.45) is 11.8 Å². The van der Waals surface area contributed by atoms with Crippen LogP contribution in [0.2, 0.25) is 5.02 Å². The highest BCUT2D eigenvalue weighted by Gasteiger charge is 2.42. The summed E-state index contributed by atoms with van der Waals surface area (Å²) in [6.45, 7) is 11.1. The molecule has 1 aliphatic carbocycles. The van der Waals surface area contributed by atoms with Crippen molar-refractivity contribution >= 4 is 35.1 Å². The van der Waals surface area contributed by atoms with Crippen LogP contribution < -0.4 is 5.32 Å². The summed E-state index contributed by atoms with van der Waals surface area (Å²) in [6.07, 6.45) is 9.35. The van der Waals surface area contributed by atoms with Crippen molar-refractivity contribution in [1.29, 1.82) is 0 Å². The maximum absolute atomic E-state index is 14.0. The highest BCUT2D eigenvalue weighted by atomic mass is 35.5. The van der Waals surface area contributed by atoms with E-state index >= 15 is 0 Å². The van der Waals surface area contributed by atoms with Gasteiger partial charge in [-0.1, -0.05) is 68.3 Å². The molecule has 224 valence electrons. The first-order valence-corrected chi connectivity index (χ1v) is 15.4. The molecule has 1 heterocycles. The predicted octanol–water partition coefficient (Wildman–Crippen LogP) is 7.65. The van der Waals surface area contributed by atoms with E-state index in [0.717, 1.165) is 28.8 Å². The van der Waals surface area contributed by atoms with Crippen LogP contribution in [0.3, 0.4) is 0 Å². The highest BCUT2D eigenvalue weighted by molar-refractivity contribution is 6.30. The van der Waals surface area contributed by atoms with Gasteiger partial charge in [-0.25, -0.2) is 0 Å². The van der Waals surface area contributed by atoms with Crippen molar-refractivity contribution in [3.05, 3.63) is 88.0 Å². The van der Waals surface area contributed by atoms with Crippen LogP contribution in [0.15, 0.2) is 66.3 Å². The topological polar surface area (TPSA) is 75.7 Å². The number of carbonyl (C=O) groups excluding carboxylic acids is 3. The maximum atomic E-state index is 14.0. The summed E-state index contributed by atoms with van der Waals surface area (Å²) in [4.78, 5) is 41.8. The molecule has 42 heavy (non-hydrogen) atoms. The smallest absolute Gasteiger partial charge is 0.306 e. The van der Waals surface area contributed by atoms with Crippen LogP contribution in [0.1, 0.15) is 81.3 Å². The van der Waals surface area contributed by atoms with Gasteiger partial charge in [-0.15, -0.1) is 0 Å². The number of halogens is 1. The summed E-state index contributed by atoms with van der Waals surface area (Å²) in [7, 11) is 0. The van der Waals surface area contributed by atoms with Gasteiger partial charge in [0.2, 0.25) is 5.91 Å². The number of allylic oxidation sites excluding steroid dienone is 3. The molecule has 2 aromatic rings.